The van der Waals surface area contributed by atoms with Crippen LogP contribution >= 0.6 is 0 Å². The van der Waals surface area contributed by atoms with E-state index in [9.17, 15) is 4.79 Å². The van der Waals surface area contributed by atoms with Crippen molar-refractivity contribution in [1.29, 1.82) is 0 Å². The lowest BCUT2D eigenvalue weighted by Crippen LogP contribution is -2.21. The van der Waals surface area contributed by atoms with Crippen LogP contribution in [0.25, 0.3) is 0 Å². The van der Waals surface area contributed by atoms with Gasteiger partial charge >= 0.3 is 0 Å². The molecule has 0 N–H and O–H groups in total. The van der Waals surface area contributed by atoms with Crippen molar-refractivity contribution in [2.24, 2.45) is 0 Å². The molecular weight excluding hydrogens is 248 g/mol. The second kappa shape index (κ2) is 5.61. The Bertz CT molecular complexity index is 615. The van der Waals surface area contributed by atoms with Crippen LogP contribution in [-0.4, -0.2) is 15.6 Å². The van der Waals surface area contributed by atoms with Crippen molar-refractivity contribution in [1.82, 2.24) is 9.78 Å². The van der Waals surface area contributed by atoms with Gasteiger partial charge in [0.2, 0.25) is 0 Å². The summed E-state index contributed by atoms with van der Waals surface area (Å²) in [5, 5.41) is 4.27. The molecule has 1 heterocycles. The van der Waals surface area contributed by atoms with E-state index in [4.69, 9.17) is 0 Å². The minimum Gasteiger partial charge on any atom is -0.292 e. The third kappa shape index (κ3) is 2.28. The highest BCUT2D eigenvalue weighted by molar-refractivity contribution is 5.99. The fraction of sp³-hybridized carbons (Fsp3) is 0.412. The summed E-state index contributed by atoms with van der Waals surface area (Å²) in [5.74, 6) is 0.232. The standard InChI is InChI=1S/C17H20N2O/c1-2-12-19-16(10-11-18-19)17(20)15-9-5-7-13-6-3-4-8-14(13)15/h3-4,6,8,10-11,15H,2,5,7,9,12H2,1H3. The molecule has 1 aliphatic carbocycles. The smallest absolute Gasteiger partial charge is 0.188 e. The van der Waals surface area contributed by atoms with Crippen LogP contribution in [0.2, 0.25) is 0 Å². The maximum absolute atomic E-state index is 12.9. The number of fused-ring (bicyclic) bond motifs is 1. The van der Waals surface area contributed by atoms with Crippen LogP contribution in [0.5, 0.6) is 0 Å². The quantitative estimate of drug-likeness (QED) is 0.794. The zero-order chi connectivity index (χ0) is 13.9. The Morgan fingerprint density at radius 3 is 3.05 bits per heavy atom. The number of carbonyl (C=O) groups is 1. The van der Waals surface area contributed by atoms with Crippen LogP contribution in [0.4, 0.5) is 0 Å². The van der Waals surface area contributed by atoms with Gasteiger partial charge < -0.3 is 0 Å². The summed E-state index contributed by atoms with van der Waals surface area (Å²) in [6.45, 7) is 2.91. The van der Waals surface area contributed by atoms with Crippen LogP contribution in [-0.2, 0) is 13.0 Å². The lowest BCUT2D eigenvalue weighted by Gasteiger charge is -2.24. The number of carbonyl (C=O) groups excluding carboxylic acids is 1. The number of rotatable bonds is 4. The maximum atomic E-state index is 12.9. The van der Waals surface area contributed by atoms with Crippen molar-refractivity contribution in [3.63, 3.8) is 0 Å². The molecule has 0 spiro atoms. The van der Waals surface area contributed by atoms with Crippen molar-refractivity contribution in [3.05, 3.63) is 53.3 Å². The highest BCUT2D eigenvalue weighted by atomic mass is 16.1. The van der Waals surface area contributed by atoms with E-state index < -0.39 is 0 Å². The molecular formula is C17H20N2O. The number of aryl methyl sites for hydroxylation is 2. The Balaban J connectivity index is 1.94. The monoisotopic (exact) mass is 268 g/mol. The molecule has 0 bridgehead atoms. The van der Waals surface area contributed by atoms with Gasteiger partial charge in [-0.1, -0.05) is 31.2 Å². The van der Waals surface area contributed by atoms with E-state index in [1.54, 1.807) is 6.20 Å². The fourth-order valence-electron chi connectivity index (χ4n) is 3.14. The van der Waals surface area contributed by atoms with Crippen LogP contribution < -0.4 is 0 Å². The van der Waals surface area contributed by atoms with E-state index in [1.807, 2.05) is 16.8 Å². The van der Waals surface area contributed by atoms with E-state index in [1.165, 1.54) is 11.1 Å². The largest absolute Gasteiger partial charge is 0.292 e. The summed E-state index contributed by atoms with van der Waals surface area (Å²) in [4.78, 5) is 12.9. The molecule has 3 rings (SSSR count). The predicted molar refractivity (Wildman–Crippen MR) is 79.0 cm³/mol. The molecule has 0 amide bonds. The minimum atomic E-state index is 0.00672. The van der Waals surface area contributed by atoms with Gasteiger partial charge in [0.25, 0.3) is 0 Å². The minimum absolute atomic E-state index is 0.00672. The van der Waals surface area contributed by atoms with E-state index in [0.717, 1.165) is 37.9 Å². The molecule has 1 aliphatic rings. The Morgan fingerprint density at radius 1 is 1.35 bits per heavy atom. The predicted octanol–water partition coefficient (Wildman–Crippen LogP) is 3.60. The summed E-state index contributed by atoms with van der Waals surface area (Å²) in [7, 11) is 0. The zero-order valence-corrected chi connectivity index (χ0v) is 11.9. The molecule has 0 fully saturated rings. The third-order valence-corrected chi connectivity index (χ3v) is 4.09. The summed E-state index contributed by atoms with van der Waals surface area (Å²) in [6.07, 6.45) is 5.86. The molecule has 1 aromatic carbocycles. The maximum Gasteiger partial charge on any atom is 0.188 e. The first kappa shape index (κ1) is 13.1. The number of Topliss-reactive ketones (excluding diaryl/α,β-unsaturated/α-hetero) is 1. The van der Waals surface area contributed by atoms with Crippen LogP contribution in [0.1, 0.15) is 53.7 Å². The first-order chi connectivity index (χ1) is 9.81. The van der Waals surface area contributed by atoms with Gasteiger partial charge in [-0.25, -0.2) is 0 Å². The van der Waals surface area contributed by atoms with Crippen LogP contribution in [0.3, 0.4) is 0 Å². The van der Waals surface area contributed by atoms with Gasteiger partial charge in [-0.05, 0) is 42.9 Å². The van der Waals surface area contributed by atoms with Gasteiger partial charge in [0.15, 0.2) is 5.78 Å². The van der Waals surface area contributed by atoms with E-state index in [-0.39, 0.29) is 11.7 Å². The molecule has 0 saturated carbocycles. The molecule has 0 aliphatic heterocycles. The van der Waals surface area contributed by atoms with Gasteiger partial charge in [0.1, 0.15) is 5.69 Å². The third-order valence-electron chi connectivity index (χ3n) is 4.09. The molecule has 20 heavy (non-hydrogen) atoms. The van der Waals surface area contributed by atoms with Gasteiger partial charge in [-0.3, -0.25) is 9.48 Å². The second-order valence-corrected chi connectivity index (χ2v) is 5.45. The van der Waals surface area contributed by atoms with Gasteiger partial charge in [0.05, 0.1) is 0 Å². The summed E-state index contributed by atoms with van der Waals surface area (Å²) in [6, 6.07) is 10.2. The average molecular weight is 268 g/mol. The Hall–Kier alpha value is -1.90. The zero-order valence-electron chi connectivity index (χ0n) is 11.9. The SMILES string of the molecule is CCCn1nccc1C(=O)C1CCCc2ccccc21. The molecule has 3 heteroatoms. The first-order valence-electron chi connectivity index (χ1n) is 7.45. The molecule has 1 aromatic heterocycles. The van der Waals surface area contributed by atoms with Crippen molar-refractivity contribution < 1.29 is 4.79 Å². The normalized spacial score (nSPS) is 17.8. The van der Waals surface area contributed by atoms with Crippen molar-refractivity contribution >= 4 is 5.78 Å². The van der Waals surface area contributed by atoms with E-state index in [0.29, 0.717) is 0 Å². The highest BCUT2D eigenvalue weighted by Crippen LogP contribution is 2.33. The Labute approximate surface area is 119 Å². The first-order valence-corrected chi connectivity index (χ1v) is 7.45. The second-order valence-electron chi connectivity index (χ2n) is 5.45. The summed E-state index contributed by atoms with van der Waals surface area (Å²) < 4.78 is 1.85. The number of aromatic nitrogens is 2. The topological polar surface area (TPSA) is 34.9 Å². The van der Waals surface area contributed by atoms with Crippen molar-refractivity contribution in [3.8, 4) is 0 Å². The van der Waals surface area contributed by atoms with Gasteiger partial charge in [-0.2, -0.15) is 5.10 Å². The number of nitrogens with zero attached hydrogens (tertiary/aromatic N) is 2. The summed E-state index contributed by atoms with van der Waals surface area (Å²) >= 11 is 0. The molecule has 0 saturated heterocycles. The molecule has 2 aromatic rings. The lowest BCUT2D eigenvalue weighted by atomic mass is 9.80. The van der Waals surface area contributed by atoms with Crippen LogP contribution in [0, 0.1) is 0 Å². The van der Waals surface area contributed by atoms with E-state index >= 15 is 0 Å². The van der Waals surface area contributed by atoms with Gasteiger partial charge in [0, 0.05) is 18.7 Å². The average Bonchev–Trinajstić information content (AvgIpc) is 2.94. The Morgan fingerprint density at radius 2 is 2.20 bits per heavy atom. The summed E-state index contributed by atoms with van der Waals surface area (Å²) in [5.41, 5.74) is 3.31. The molecule has 0 radical (unpaired) electrons. The Kier molecular flexibility index (Phi) is 3.68. The number of benzene rings is 1. The number of hydrogen-bond donors (Lipinski definition) is 0. The number of ketones is 1. The molecule has 1 atom stereocenters. The highest BCUT2D eigenvalue weighted by Gasteiger charge is 2.28. The lowest BCUT2D eigenvalue weighted by molar-refractivity contribution is 0.0940. The molecule has 3 nitrogen and oxygen atoms in total. The van der Waals surface area contributed by atoms with E-state index in [2.05, 4.69) is 30.2 Å². The molecule has 1 unspecified atom stereocenters. The van der Waals surface area contributed by atoms with Crippen LogP contribution in [0.15, 0.2) is 36.5 Å². The van der Waals surface area contributed by atoms with Crippen molar-refractivity contribution in [2.45, 2.75) is 45.1 Å². The molecule has 104 valence electrons. The van der Waals surface area contributed by atoms with Gasteiger partial charge in [-0.15, -0.1) is 0 Å². The number of hydrogen-bond acceptors (Lipinski definition) is 2. The fourth-order valence-corrected chi connectivity index (χ4v) is 3.14. The van der Waals surface area contributed by atoms with Crippen molar-refractivity contribution in [2.75, 3.05) is 0 Å².